The molecule has 20 heavy (non-hydrogen) atoms. The zero-order valence-electron chi connectivity index (χ0n) is 11.5. The van der Waals surface area contributed by atoms with Crippen molar-refractivity contribution in [3.8, 4) is 0 Å². The number of amides is 1. The summed E-state index contributed by atoms with van der Waals surface area (Å²) in [6.45, 7) is 4.69. The van der Waals surface area contributed by atoms with Crippen LogP contribution in [0.25, 0.3) is 0 Å². The average Bonchev–Trinajstić information content (AvgIpc) is 2.94. The summed E-state index contributed by atoms with van der Waals surface area (Å²) in [6, 6.07) is -0.827. The van der Waals surface area contributed by atoms with Crippen LogP contribution in [0.3, 0.4) is 0 Å². The van der Waals surface area contributed by atoms with E-state index < -0.39 is 28.8 Å². The zero-order valence-corrected chi connectivity index (χ0v) is 12.3. The summed E-state index contributed by atoms with van der Waals surface area (Å²) in [5, 5.41) is 19.1. The van der Waals surface area contributed by atoms with Crippen LogP contribution in [0.2, 0.25) is 0 Å². The van der Waals surface area contributed by atoms with Crippen molar-refractivity contribution in [3.05, 3.63) is 0 Å². The van der Waals surface area contributed by atoms with Crippen molar-refractivity contribution in [2.75, 3.05) is 13.2 Å². The van der Waals surface area contributed by atoms with Gasteiger partial charge in [0.05, 0.1) is 28.7 Å². The molecular formula is C13H19NO5S. The molecule has 3 aliphatic heterocycles. The number of nitrogens with zero attached hydrogens (tertiary/aromatic N) is 1. The molecule has 0 aromatic carbocycles. The van der Waals surface area contributed by atoms with E-state index in [1.807, 2.05) is 6.92 Å². The van der Waals surface area contributed by atoms with Gasteiger partial charge in [-0.2, -0.15) is 0 Å². The van der Waals surface area contributed by atoms with E-state index in [9.17, 15) is 19.8 Å². The molecule has 0 aromatic heterocycles. The number of thioether (sulfide) groups is 1. The molecule has 2 N–H and O–H groups in total. The quantitative estimate of drug-likeness (QED) is 0.722. The third-order valence-electron chi connectivity index (χ3n) is 4.81. The molecule has 7 heteroatoms. The monoisotopic (exact) mass is 301 g/mol. The van der Waals surface area contributed by atoms with Gasteiger partial charge in [-0.25, -0.2) is 4.79 Å². The molecule has 0 aromatic rings. The third-order valence-corrected chi connectivity index (χ3v) is 6.64. The Hall–Kier alpha value is -0.790. The van der Waals surface area contributed by atoms with E-state index in [-0.39, 0.29) is 17.2 Å². The minimum Gasteiger partial charge on any atom is -0.480 e. The highest BCUT2D eigenvalue weighted by molar-refractivity contribution is 8.01. The zero-order chi connectivity index (χ0) is 14.7. The van der Waals surface area contributed by atoms with Crippen LogP contribution < -0.4 is 0 Å². The van der Waals surface area contributed by atoms with Gasteiger partial charge in [0.25, 0.3) is 0 Å². The Morgan fingerprint density at radius 2 is 2.30 bits per heavy atom. The van der Waals surface area contributed by atoms with Gasteiger partial charge < -0.3 is 19.8 Å². The number of β-lactam (4-membered cyclic amide) rings is 1. The summed E-state index contributed by atoms with van der Waals surface area (Å²) < 4.78 is 4.85. The van der Waals surface area contributed by atoms with Crippen molar-refractivity contribution in [1.29, 1.82) is 0 Å². The molecule has 0 spiro atoms. The molecule has 6 atom stereocenters. The second-order valence-electron chi connectivity index (χ2n) is 6.01. The standard InChI is InChI=1S/C13H19NO5S/c1-6(15)8-10(16)14-9(12(17)18)13(2,20-11(8)14)7-3-4-19-5-7/h6-9,11,15H,3-5H2,1-2H3,(H,17,18)/t6-,7?,8+,9?,11-,13?/m1/s1. The average molecular weight is 301 g/mol. The highest BCUT2D eigenvalue weighted by Crippen LogP contribution is 2.58. The normalized spacial score (nSPS) is 45.1. The van der Waals surface area contributed by atoms with Crippen LogP contribution in [-0.2, 0) is 14.3 Å². The topological polar surface area (TPSA) is 87.1 Å². The van der Waals surface area contributed by atoms with Crippen molar-refractivity contribution in [2.45, 2.75) is 42.5 Å². The van der Waals surface area contributed by atoms with E-state index in [2.05, 4.69) is 0 Å². The van der Waals surface area contributed by atoms with E-state index in [0.717, 1.165) is 6.42 Å². The van der Waals surface area contributed by atoms with Crippen LogP contribution in [0.1, 0.15) is 20.3 Å². The van der Waals surface area contributed by atoms with E-state index in [1.165, 1.54) is 16.7 Å². The molecule has 0 bridgehead atoms. The Morgan fingerprint density at radius 3 is 2.80 bits per heavy atom. The van der Waals surface area contributed by atoms with Crippen molar-refractivity contribution in [1.82, 2.24) is 4.90 Å². The summed E-state index contributed by atoms with van der Waals surface area (Å²) in [4.78, 5) is 25.3. The molecule has 112 valence electrons. The third kappa shape index (κ3) is 1.72. The fraction of sp³-hybridized carbons (Fsp3) is 0.846. The van der Waals surface area contributed by atoms with Crippen LogP contribution in [0, 0.1) is 11.8 Å². The lowest BCUT2D eigenvalue weighted by Gasteiger charge is -2.45. The molecule has 3 unspecified atom stereocenters. The number of carbonyl (C=O) groups excluding carboxylic acids is 1. The van der Waals surface area contributed by atoms with Crippen LogP contribution in [0.4, 0.5) is 0 Å². The fourth-order valence-corrected chi connectivity index (χ4v) is 5.70. The number of carboxylic acid groups (broad SMARTS) is 1. The predicted molar refractivity (Wildman–Crippen MR) is 72.2 cm³/mol. The van der Waals surface area contributed by atoms with E-state index in [1.54, 1.807) is 6.92 Å². The number of hydrogen-bond donors (Lipinski definition) is 2. The Balaban J connectivity index is 1.92. The van der Waals surface area contributed by atoms with Crippen LogP contribution in [0.5, 0.6) is 0 Å². The van der Waals surface area contributed by atoms with Gasteiger partial charge in [0.15, 0.2) is 0 Å². The SMILES string of the molecule is C[C@@H](O)[C@H]1C(=O)N2C(C(=O)O)C(C)(C3CCOC3)S[C@H]12. The van der Waals surface area contributed by atoms with Gasteiger partial charge >= 0.3 is 5.97 Å². The van der Waals surface area contributed by atoms with Crippen LogP contribution in [0.15, 0.2) is 0 Å². The van der Waals surface area contributed by atoms with E-state index >= 15 is 0 Å². The van der Waals surface area contributed by atoms with E-state index in [4.69, 9.17) is 4.74 Å². The smallest absolute Gasteiger partial charge is 0.327 e. The highest BCUT2D eigenvalue weighted by Gasteiger charge is 2.67. The molecule has 0 saturated carbocycles. The highest BCUT2D eigenvalue weighted by atomic mass is 32.2. The number of ether oxygens (including phenoxy) is 1. The predicted octanol–water partition coefficient (Wildman–Crippen LogP) is 0.147. The van der Waals surface area contributed by atoms with Gasteiger partial charge in [-0.15, -0.1) is 11.8 Å². The minimum absolute atomic E-state index is 0.127. The van der Waals surface area contributed by atoms with Crippen molar-refractivity contribution >= 4 is 23.6 Å². The Labute approximate surface area is 121 Å². The summed E-state index contributed by atoms with van der Waals surface area (Å²) >= 11 is 1.52. The Bertz CT molecular complexity index is 450. The summed E-state index contributed by atoms with van der Waals surface area (Å²) in [5.74, 6) is -1.56. The lowest BCUT2D eigenvalue weighted by molar-refractivity contribution is -0.169. The van der Waals surface area contributed by atoms with Crippen LogP contribution >= 0.6 is 11.8 Å². The lowest BCUT2D eigenvalue weighted by Crippen LogP contribution is -2.65. The van der Waals surface area contributed by atoms with Gasteiger partial charge in [0.2, 0.25) is 5.91 Å². The first-order chi connectivity index (χ1) is 9.38. The van der Waals surface area contributed by atoms with Gasteiger partial charge in [-0.3, -0.25) is 4.79 Å². The molecule has 6 nitrogen and oxygen atoms in total. The lowest BCUT2D eigenvalue weighted by atomic mass is 9.82. The first-order valence-electron chi connectivity index (χ1n) is 6.86. The second-order valence-corrected chi connectivity index (χ2v) is 7.60. The number of fused-ring (bicyclic) bond motifs is 1. The summed E-state index contributed by atoms with van der Waals surface area (Å²) in [5.41, 5.74) is 0. The minimum atomic E-state index is -0.966. The second kappa shape index (κ2) is 4.61. The molecule has 3 saturated heterocycles. The fourth-order valence-electron chi connectivity index (χ4n) is 3.63. The van der Waals surface area contributed by atoms with Crippen LogP contribution in [-0.4, -0.2) is 62.5 Å². The Kier molecular flexibility index (Phi) is 3.26. The molecule has 1 amide bonds. The van der Waals surface area contributed by atoms with Gasteiger partial charge in [-0.05, 0) is 20.3 Å². The molecular weight excluding hydrogens is 282 g/mol. The molecule has 0 radical (unpaired) electrons. The number of aliphatic hydroxyl groups excluding tert-OH is 1. The largest absolute Gasteiger partial charge is 0.480 e. The number of hydrogen-bond acceptors (Lipinski definition) is 5. The first-order valence-corrected chi connectivity index (χ1v) is 7.74. The van der Waals surface area contributed by atoms with E-state index in [0.29, 0.717) is 13.2 Å². The number of aliphatic carboxylic acids is 1. The summed E-state index contributed by atoms with van der Waals surface area (Å²) in [7, 11) is 0. The number of carbonyl (C=O) groups is 2. The molecule has 0 aliphatic carbocycles. The molecule has 3 rings (SSSR count). The first kappa shape index (κ1) is 14.2. The maximum Gasteiger partial charge on any atom is 0.327 e. The van der Waals surface area contributed by atoms with Gasteiger partial charge in [-0.1, -0.05) is 0 Å². The number of rotatable bonds is 3. The summed E-state index contributed by atoms with van der Waals surface area (Å²) in [6.07, 6.45) is 0.0781. The van der Waals surface area contributed by atoms with Crippen molar-refractivity contribution < 1.29 is 24.5 Å². The van der Waals surface area contributed by atoms with Gasteiger partial charge in [0.1, 0.15) is 6.04 Å². The van der Waals surface area contributed by atoms with Crippen molar-refractivity contribution in [3.63, 3.8) is 0 Å². The van der Waals surface area contributed by atoms with Crippen molar-refractivity contribution in [2.24, 2.45) is 11.8 Å². The molecule has 3 fully saturated rings. The number of carboxylic acids is 1. The molecule has 3 aliphatic rings. The molecule has 3 heterocycles. The Morgan fingerprint density at radius 1 is 1.60 bits per heavy atom. The van der Waals surface area contributed by atoms with Gasteiger partial charge in [0, 0.05) is 12.5 Å². The maximum atomic E-state index is 12.2. The number of aliphatic hydroxyl groups is 1. The maximum absolute atomic E-state index is 12.2.